The molecule has 1 heterocycles. The normalized spacial score (nSPS) is 10.4. The third kappa shape index (κ3) is 1.87. The van der Waals surface area contributed by atoms with Gasteiger partial charge in [-0.05, 0) is 18.2 Å². The predicted molar refractivity (Wildman–Crippen MR) is 59.0 cm³/mol. The molecule has 0 spiro atoms. The smallest absolute Gasteiger partial charge is 0.349 e. The van der Waals surface area contributed by atoms with Gasteiger partial charge in [-0.25, -0.2) is 29.1 Å². The van der Waals surface area contributed by atoms with Gasteiger partial charge in [-0.15, -0.1) is 0 Å². The van der Waals surface area contributed by atoms with E-state index in [1.807, 2.05) is 0 Å². The molecule has 0 saturated carbocycles. The molecule has 0 fully saturated rings. The number of carboxylic acid groups (broad SMARTS) is 1. The Bertz CT molecular complexity index is 669. The van der Waals surface area contributed by atoms with Crippen LogP contribution >= 0.6 is 11.6 Å². The summed E-state index contributed by atoms with van der Waals surface area (Å²) in [7, 11) is 0. The third-order valence-corrected chi connectivity index (χ3v) is 2.35. The first-order valence-electron chi connectivity index (χ1n) is 4.43. The molecule has 0 radical (unpaired) electrons. The third-order valence-electron chi connectivity index (χ3n) is 2.11. The standard InChI is InChI=1S/C9H6ClN3O4/c10-4-1-2-5(7(14)15)6(3-4)13-8(16)11-12-9(13)17/h1-3H,(H,11,16)(H,12,17)(H,14,15). The maximum Gasteiger partial charge on any atom is 0.349 e. The Hall–Kier alpha value is -2.28. The van der Waals surface area contributed by atoms with E-state index in [9.17, 15) is 14.4 Å². The monoisotopic (exact) mass is 255 g/mol. The fraction of sp³-hybridized carbons (Fsp3) is 0. The number of aromatic amines is 2. The molecule has 3 N–H and O–H groups in total. The average molecular weight is 256 g/mol. The van der Waals surface area contributed by atoms with Crippen LogP contribution in [0.15, 0.2) is 27.8 Å². The minimum Gasteiger partial charge on any atom is -0.478 e. The summed E-state index contributed by atoms with van der Waals surface area (Å²) in [6.45, 7) is 0. The Morgan fingerprint density at radius 3 is 2.35 bits per heavy atom. The van der Waals surface area contributed by atoms with E-state index in [1.54, 1.807) is 0 Å². The number of H-pyrrole nitrogens is 2. The summed E-state index contributed by atoms with van der Waals surface area (Å²) in [4.78, 5) is 33.7. The van der Waals surface area contributed by atoms with Crippen LogP contribution in [0.1, 0.15) is 10.4 Å². The molecule has 0 aliphatic rings. The van der Waals surface area contributed by atoms with Gasteiger partial charge in [-0.3, -0.25) is 0 Å². The molecule has 2 aromatic rings. The molecule has 88 valence electrons. The molecule has 1 aromatic heterocycles. The molecular weight excluding hydrogens is 250 g/mol. The van der Waals surface area contributed by atoms with Gasteiger partial charge in [0, 0.05) is 5.02 Å². The summed E-state index contributed by atoms with van der Waals surface area (Å²) in [6.07, 6.45) is 0. The summed E-state index contributed by atoms with van der Waals surface area (Å²) in [5.74, 6) is -1.26. The van der Waals surface area contributed by atoms with Crippen LogP contribution in [0.25, 0.3) is 5.69 Å². The Morgan fingerprint density at radius 2 is 1.82 bits per heavy atom. The quantitative estimate of drug-likeness (QED) is 0.712. The van der Waals surface area contributed by atoms with Crippen LogP contribution in [-0.2, 0) is 0 Å². The van der Waals surface area contributed by atoms with E-state index in [4.69, 9.17) is 16.7 Å². The zero-order valence-corrected chi connectivity index (χ0v) is 8.99. The van der Waals surface area contributed by atoms with Crippen LogP contribution in [0.5, 0.6) is 0 Å². The van der Waals surface area contributed by atoms with Gasteiger partial charge in [0.2, 0.25) is 0 Å². The Kier molecular flexibility index (Phi) is 2.60. The Balaban J connectivity index is 2.83. The summed E-state index contributed by atoms with van der Waals surface area (Å²) < 4.78 is 0.662. The highest BCUT2D eigenvalue weighted by Crippen LogP contribution is 2.17. The fourth-order valence-corrected chi connectivity index (χ4v) is 1.57. The second-order valence-corrected chi connectivity index (χ2v) is 3.60. The second-order valence-electron chi connectivity index (χ2n) is 3.16. The number of carboxylic acids is 1. The lowest BCUT2D eigenvalue weighted by atomic mass is 10.2. The van der Waals surface area contributed by atoms with Crippen molar-refractivity contribution < 1.29 is 9.90 Å². The van der Waals surface area contributed by atoms with Gasteiger partial charge in [-0.1, -0.05) is 11.6 Å². The van der Waals surface area contributed by atoms with Crippen molar-refractivity contribution in [3.8, 4) is 5.69 Å². The number of rotatable bonds is 2. The van der Waals surface area contributed by atoms with Gasteiger partial charge >= 0.3 is 17.3 Å². The van der Waals surface area contributed by atoms with Crippen LogP contribution in [0.4, 0.5) is 0 Å². The highest BCUT2D eigenvalue weighted by atomic mass is 35.5. The summed E-state index contributed by atoms with van der Waals surface area (Å²) in [6, 6.07) is 3.81. The molecule has 0 bridgehead atoms. The van der Waals surface area contributed by atoms with Crippen LogP contribution in [-0.4, -0.2) is 25.8 Å². The van der Waals surface area contributed by atoms with Crippen molar-refractivity contribution in [2.45, 2.75) is 0 Å². The van der Waals surface area contributed by atoms with Gasteiger partial charge in [0.15, 0.2) is 0 Å². The lowest BCUT2D eigenvalue weighted by Gasteiger charge is -2.04. The molecule has 0 aliphatic carbocycles. The summed E-state index contributed by atoms with van der Waals surface area (Å²) in [5.41, 5.74) is -1.81. The zero-order chi connectivity index (χ0) is 12.6. The van der Waals surface area contributed by atoms with Gasteiger partial charge in [0.25, 0.3) is 0 Å². The topological polar surface area (TPSA) is 108 Å². The number of aromatic nitrogens is 3. The van der Waals surface area contributed by atoms with Crippen LogP contribution in [0.3, 0.4) is 0 Å². The molecule has 0 amide bonds. The second kappa shape index (κ2) is 3.95. The predicted octanol–water partition coefficient (Wildman–Crippen LogP) is 0.205. The van der Waals surface area contributed by atoms with E-state index in [2.05, 4.69) is 10.2 Å². The molecule has 0 atom stereocenters. The molecule has 7 nitrogen and oxygen atoms in total. The van der Waals surface area contributed by atoms with Crippen molar-refractivity contribution in [2.75, 3.05) is 0 Å². The first-order chi connectivity index (χ1) is 8.00. The summed E-state index contributed by atoms with van der Waals surface area (Å²) in [5, 5.41) is 13.3. The number of benzene rings is 1. The van der Waals surface area contributed by atoms with E-state index in [-0.39, 0.29) is 16.3 Å². The van der Waals surface area contributed by atoms with E-state index in [1.165, 1.54) is 18.2 Å². The highest BCUT2D eigenvalue weighted by Gasteiger charge is 2.16. The number of nitrogens with zero attached hydrogens (tertiary/aromatic N) is 1. The van der Waals surface area contributed by atoms with Crippen molar-refractivity contribution in [1.29, 1.82) is 0 Å². The van der Waals surface area contributed by atoms with E-state index in [0.29, 0.717) is 4.57 Å². The first kappa shape index (κ1) is 11.2. The maximum atomic E-state index is 11.4. The van der Waals surface area contributed by atoms with Crippen molar-refractivity contribution in [3.05, 3.63) is 49.8 Å². The van der Waals surface area contributed by atoms with Crippen LogP contribution < -0.4 is 11.4 Å². The number of hydrogen-bond acceptors (Lipinski definition) is 3. The summed E-state index contributed by atoms with van der Waals surface area (Å²) >= 11 is 5.71. The van der Waals surface area contributed by atoms with Gasteiger partial charge in [0.05, 0.1) is 11.3 Å². The molecule has 2 rings (SSSR count). The molecule has 0 aliphatic heterocycles. The van der Waals surface area contributed by atoms with Crippen LogP contribution in [0.2, 0.25) is 5.02 Å². The SMILES string of the molecule is O=C(O)c1ccc(Cl)cc1-n1c(=O)[nH][nH]c1=O. The molecule has 1 aromatic carbocycles. The van der Waals surface area contributed by atoms with Crippen molar-refractivity contribution in [2.24, 2.45) is 0 Å². The minimum absolute atomic E-state index is 0.0856. The molecular formula is C9H6ClN3O4. The molecule has 0 saturated heterocycles. The van der Waals surface area contributed by atoms with Crippen molar-refractivity contribution in [1.82, 2.24) is 14.8 Å². The number of carbonyl (C=O) groups is 1. The fourth-order valence-electron chi connectivity index (χ4n) is 1.40. The van der Waals surface area contributed by atoms with E-state index >= 15 is 0 Å². The lowest BCUT2D eigenvalue weighted by Crippen LogP contribution is -2.26. The minimum atomic E-state index is -1.26. The maximum absolute atomic E-state index is 11.4. The van der Waals surface area contributed by atoms with Gasteiger partial charge < -0.3 is 5.11 Å². The Labute approximate surface area is 98.3 Å². The number of hydrogen-bond donors (Lipinski definition) is 3. The van der Waals surface area contributed by atoms with Gasteiger partial charge in [0.1, 0.15) is 0 Å². The van der Waals surface area contributed by atoms with Crippen LogP contribution in [0, 0.1) is 0 Å². The van der Waals surface area contributed by atoms with Gasteiger partial charge in [-0.2, -0.15) is 0 Å². The van der Waals surface area contributed by atoms with E-state index < -0.39 is 17.3 Å². The first-order valence-corrected chi connectivity index (χ1v) is 4.81. The number of halogens is 1. The number of nitrogens with one attached hydrogen (secondary N) is 2. The largest absolute Gasteiger partial charge is 0.478 e. The zero-order valence-electron chi connectivity index (χ0n) is 8.23. The van der Waals surface area contributed by atoms with Crippen molar-refractivity contribution in [3.63, 3.8) is 0 Å². The average Bonchev–Trinajstić information content (AvgIpc) is 2.58. The Morgan fingerprint density at radius 1 is 1.24 bits per heavy atom. The molecule has 17 heavy (non-hydrogen) atoms. The highest BCUT2D eigenvalue weighted by molar-refractivity contribution is 6.30. The number of aromatic carboxylic acids is 1. The van der Waals surface area contributed by atoms with E-state index in [0.717, 1.165) is 0 Å². The van der Waals surface area contributed by atoms with Crippen molar-refractivity contribution >= 4 is 17.6 Å². The molecule has 0 unspecified atom stereocenters. The lowest BCUT2D eigenvalue weighted by molar-refractivity contribution is 0.0697. The molecule has 8 heteroatoms.